The van der Waals surface area contributed by atoms with Crippen LogP contribution in [0.15, 0.2) is 0 Å². The number of alkyl halides is 2. The highest BCUT2D eigenvalue weighted by Gasteiger charge is 2.44. The molecule has 54 valence electrons. The summed E-state index contributed by atoms with van der Waals surface area (Å²) in [5.74, 6) is -2.51. The minimum absolute atomic E-state index is 0.0336. The zero-order valence-electron chi connectivity index (χ0n) is 5.40. The van der Waals surface area contributed by atoms with E-state index in [0.717, 1.165) is 0 Å². The van der Waals surface area contributed by atoms with Crippen molar-refractivity contribution in [3.05, 3.63) is 0 Å². The van der Waals surface area contributed by atoms with Gasteiger partial charge in [0.1, 0.15) is 0 Å². The van der Waals surface area contributed by atoms with Crippen LogP contribution in [0.4, 0.5) is 8.78 Å². The largest absolute Gasteiger partial charge is 0.323 e. The molecule has 1 saturated carbocycles. The van der Waals surface area contributed by atoms with Crippen molar-refractivity contribution >= 4 is 0 Å². The molecule has 2 N–H and O–H groups in total. The van der Waals surface area contributed by atoms with Gasteiger partial charge in [0.2, 0.25) is 0 Å². The van der Waals surface area contributed by atoms with Crippen molar-refractivity contribution in [3.63, 3.8) is 0 Å². The lowest BCUT2D eigenvalue weighted by Gasteiger charge is -2.12. The summed E-state index contributed by atoms with van der Waals surface area (Å²) in [7, 11) is 0. The Balaban J connectivity index is 2.58. The Hall–Kier alpha value is -0.180. The minimum Gasteiger partial charge on any atom is -0.323 e. The third-order valence-electron chi connectivity index (χ3n) is 1.82. The minimum atomic E-state index is -2.60. The molecule has 0 aromatic heterocycles. The van der Waals surface area contributed by atoms with Gasteiger partial charge in [0, 0.05) is 6.42 Å². The number of hydrogen-bond acceptors (Lipinski definition) is 1. The fraction of sp³-hybridized carbons (Fsp3) is 1.00. The molecule has 9 heavy (non-hydrogen) atoms. The van der Waals surface area contributed by atoms with Gasteiger partial charge < -0.3 is 5.73 Å². The Morgan fingerprint density at radius 3 is 2.22 bits per heavy atom. The molecular weight excluding hydrogens is 124 g/mol. The predicted molar refractivity (Wildman–Crippen MR) is 31.3 cm³/mol. The lowest BCUT2D eigenvalue weighted by atomic mass is 10.1. The van der Waals surface area contributed by atoms with Crippen LogP contribution in [-0.2, 0) is 0 Å². The molecule has 3 heteroatoms. The first-order valence-electron chi connectivity index (χ1n) is 3.16. The van der Waals surface area contributed by atoms with Crippen LogP contribution in [0.2, 0.25) is 0 Å². The first-order valence-corrected chi connectivity index (χ1v) is 3.16. The topological polar surface area (TPSA) is 26.0 Å². The fourth-order valence-electron chi connectivity index (χ4n) is 1.31. The fourth-order valence-corrected chi connectivity index (χ4v) is 1.31. The Morgan fingerprint density at radius 2 is 2.11 bits per heavy atom. The SMILES string of the molecule is C[C@@H]1C[C@H](N)C(F)(F)C1. The van der Waals surface area contributed by atoms with E-state index in [0.29, 0.717) is 6.42 Å². The van der Waals surface area contributed by atoms with Gasteiger partial charge in [0.25, 0.3) is 5.92 Å². The molecule has 0 aromatic carbocycles. The van der Waals surface area contributed by atoms with E-state index in [4.69, 9.17) is 5.73 Å². The molecule has 0 radical (unpaired) electrons. The molecule has 1 aliphatic rings. The summed E-state index contributed by atoms with van der Waals surface area (Å²) < 4.78 is 24.9. The summed E-state index contributed by atoms with van der Waals surface area (Å²) in [6.07, 6.45) is 0.432. The van der Waals surface area contributed by atoms with E-state index in [1.54, 1.807) is 6.92 Å². The smallest absolute Gasteiger partial charge is 0.263 e. The molecule has 1 aliphatic carbocycles. The van der Waals surface area contributed by atoms with Crippen molar-refractivity contribution in [1.82, 2.24) is 0 Å². The van der Waals surface area contributed by atoms with Gasteiger partial charge in [0.15, 0.2) is 0 Å². The molecule has 0 amide bonds. The van der Waals surface area contributed by atoms with Crippen molar-refractivity contribution < 1.29 is 8.78 Å². The maximum absolute atomic E-state index is 12.5. The van der Waals surface area contributed by atoms with Crippen LogP contribution in [0.1, 0.15) is 19.8 Å². The lowest BCUT2D eigenvalue weighted by molar-refractivity contribution is -0.00919. The normalized spacial score (nSPS) is 41.3. The highest BCUT2D eigenvalue weighted by molar-refractivity contribution is 4.90. The summed E-state index contributed by atoms with van der Waals surface area (Å²) in [5.41, 5.74) is 5.15. The zero-order chi connectivity index (χ0) is 7.07. The summed E-state index contributed by atoms with van der Waals surface area (Å²) in [5, 5.41) is 0. The summed E-state index contributed by atoms with van der Waals surface area (Å²) in [6, 6.07) is -0.896. The van der Waals surface area contributed by atoms with E-state index in [1.807, 2.05) is 0 Å². The maximum Gasteiger partial charge on any atom is 0.263 e. The summed E-state index contributed by atoms with van der Waals surface area (Å²) >= 11 is 0. The molecule has 0 heterocycles. The van der Waals surface area contributed by atoms with E-state index in [9.17, 15) is 8.78 Å². The van der Waals surface area contributed by atoms with E-state index in [-0.39, 0.29) is 12.3 Å². The first kappa shape index (κ1) is 6.93. The quantitative estimate of drug-likeness (QED) is 0.533. The molecule has 1 nitrogen and oxygen atoms in total. The molecule has 0 unspecified atom stereocenters. The Labute approximate surface area is 53.2 Å². The number of nitrogens with two attached hydrogens (primary N) is 1. The zero-order valence-corrected chi connectivity index (χ0v) is 5.40. The molecule has 1 rings (SSSR count). The predicted octanol–water partition coefficient (Wildman–Crippen LogP) is 1.38. The highest BCUT2D eigenvalue weighted by atomic mass is 19.3. The molecule has 1 fully saturated rings. The van der Waals surface area contributed by atoms with Crippen LogP contribution < -0.4 is 5.73 Å². The second-order valence-electron chi connectivity index (χ2n) is 2.91. The van der Waals surface area contributed by atoms with Crippen LogP contribution in [0, 0.1) is 5.92 Å². The first-order chi connectivity index (χ1) is 4.02. The van der Waals surface area contributed by atoms with Crippen molar-refractivity contribution in [2.24, 2.45) is 11.7 Å². The Morgan fingerprint density at radius 1 is 1.56 bits per heavy atom. The highest BCUT2D eigenvalue weighted by Crippen LogP contribution is 2.37. The molecule has 0 aromatic rings. The summed E-state index contributed by atoms with van der Waals surface area (Å²) in [6.45, 7) is 1.81. The van der Waals surface area contributed by atoms with Gasteiger partial charge >= 0.3 is 0 Å². The second kappa shape index (κ2) is 1.90. The lowest BCUT2D eigenvalue weighted by Crippen LogP contribution is -2.34. The monoisotopic (exact) mass is 135 g/mol. The van der Waals surface area contributed by atoms with Gasteiger partial charge in [-0.3, -0.25) is 0 Å². The summed E-state index contributed by atoms with van der Waals surface area (Å²) in [4.78, 5) is 0. The molecule has 2 atom stereocenters. The van der Waals surface area contributed by atoms with Crippen LogP contribution in [-0.4, -0.2) is 12.0 Å². The molecule has 0 aliphatic heterocycles. The van der Waals surface area contributed by atoms with E-state index >= 15 is 0 Å². The van der Waals surface area contributed by atoms with Gasteiger partial charge in [0.05, 0.1) is 6.04 Å². The molecule has 0 bridgehead atoms. The maximum atomic E-state index is 12.5. The van der Waals surface area contributed by atoms with Crippen molar-refractivity contribution in [3.8, 4) is 0 Å². The van der Waals surface area contributed by atoms with E-state index < -0.39 is 12.0 Å². The standard InChI is InChI=1S/C6H11F2N/c1-4-2-5(9)6(7,8)3-4/h4-5H,2-3,9H2,1H3/t4-,5+/m1/s1. The number of hydrogen-bond donors (Lipinski definition) is 1. The van der Waals surface area contributed by atoms with Crippen molar-refractivity contribution in [2.45, 2.75) is 31.7 Å². The van der Waals surface area contributed by atoms with Crippen molar-refractivity contribution in [2.75, 3.05) is 0 Å². The molecule has 0 saturated heterocycles. The van der Waals surface area contributed by atoms with Gasteiger partial charge in [-0.1, -0.05) is 6.92 Å². The second-order valence-corrected chi connectivity index (χ2v) is 2.91. The average molecular weight is 135 g/mol. The van der Waals surface area contributed by atoms with Crippen LogP contribution in [0.3, 0.4) is 0 Å². The van der Waals surface area contributed by atoms with E-state index in [1.165, 1.54) is 0 Å². The average Bonchev–Trinajstić information content (AvgIpc) is 1.79. The number of halogens is 2. The van der Waals surface area contributed by atoms with Crippen LogP contribution in [0.5, 0.6) is 0 Å². The van der Waals surface area contributed by atoms with Gasteiger partial charge in [-0.25, -0.2) is 8.78 Å². The van der Waals surface area contributed by atoms with Crippen LogP contribution in [0.25, 0.3) is 0 Å². The molecule has 0 spiro atoms. The van der Waals surface area contributed by atoms with Gasteiger partial charge in [-0.05, 0) is 12.3 Å². The van der Waals surface area contributed by atoms with E-state index in [2.05, 4.69) is 0 Å². The Kier molecular flexibility index (Phi) is 1.47. The third kappa shape index (κ3) is 1.21. The van der Waals surface area contributed by atoms with Crippen molar-refractivity contribution in [1.29, 1.82) is 0 Å². The van der Waals surface area contributed by atoms with Crippen LogP contribution >= 0.6 is 0 Å². The van der Waals surface area contributed by atoms with Gasteiger partial charge in [-0.15, -0.1) is 0 Å². The third-order valence-corrected chi connectivity index (χ3v) is 1.82. The number of rotatable bonds is 0. The molecular formula is C6H11F2N. The van der Waals surface area contributed by atoms with Gasteiger partial charge in [-0.2, -0.15) is 0 Å². The Bertz CT molecular complexity index is 114.